The summed E-state index contributed by atoms with van der Waals surface area (Å²) in [6.45, 7) is -1.76. The summed E-state index contributed by atoms with van der Waals surface area (Å²) in [7, 11) is 0. The standard InChI is InChI=1S/C20H13ClF6N6O/c21-12-3-9(22)1-2-11(12)16-15(19-33-30-8-34-19)14(6-28-7-20(25,26)27)31-18(32-16)17-13(24)4-10(23)5-29-17/h1-5,8,16,28H,6-7H2,(H,31,32). The van der Waals surface area contributed by atoms with Crippen molar-refractivity contribution in [1.29, 1.82) is 0 Å². The van der Waals surface area contributed by atoms with Gasteiger partial charge in [-0.25, -0.2) is 18.2 Å². The van der Waals surface area contributed by atoms with Crippen LogP contribution in [0.2, 0.25) is 5.02 Å². The summed E-state index contributed by atoms with van der Waals surface area (Å²) in [4.78, 5) is 8.08. The molecule has 0 saturated carbocycles. The summed E-state index contributed by atoms with van der Waals surface area (Å²) in [6.07, 6.45) is -2.77. The summed E-state index contributed by atoms with van der Waals surface area (Å²) in [6, 6.07) is 2.85. The van der Waals surface area contributed by atoms with Crippen LogP contribution < -0.4 is 10.6 Å². The Hall–Kier alpha value is -3.45. The van der Waals surface area contributed by atoms with Crippen molar-refractivity contribution >= 4 is 23.0 Å². The predicted molar refractivity (Wildman–Crippen MR) is 108 cm³/mol. The number of alkyl halides is 3. The average Bonchev–Trinajstić information content (AvgIpc) is 3.27. The molecule has 0 bridgehead atoms. The molecule has 34 heavy (non-hydrogen) atoms. The number of hydrogen-bond donors (Lipinski definition) is 2. The van der Waals surface area contributed by atoms with E-state index in [4.69, 9.17) is 16.0 Å². The van der Waals surface area contributed by atoms with Crippen molar-refractivity contribution < 1.29 is 30.8 Å². The van der Waals surface area contributed by atoms with E-state index in [1.165, 1.54) is 6.07 Å². The lowest BCUT2D eigenvalue weighted by Crippen LogP contribution is -2.39. The number of aliphatic imine (C=N–C) groups is 1. The highest BCUT2D eigenvalue weighted by Gasteiger charge is 2.34. The fourth-order valence-electron chi connectivity index (χ4n) is 3.26. The van der Waals surface area contributed by atoms with Gasteiger partial charge >= 0.3 is 6.18 Å². The molecule has 0 radical (unpaired) electrons. The number of aromatic nitrogens is 3. The molecule has 0 amide bonds. The highest BCUT2D eigenvalue weighted by atomic mass is 35.5. The third-order valence-corrected chi connectivity index (χ3v) is 4.96. The van der Waals surface area contributed by atoms with Gasteiger partial charge in [0, 0.05) is 28.9 Å². The van der Waals surface area contributed by atoms with Gasteiger partial charge in [-0.3, -0.25) is 4.99 Å². The minimum Gasteiger partial charge on any atom is -0.424 e. The van der Waals surface area contributed by atoms with E-state index < -0.39 is 48.5 Å². The van der Waals surface area contributed by atoms with E-state index in [0.29, 0.717) is 6.07 Å². The largest absolute Gasteiger partial charge is 0.424 e. The first-order chi connectivity index (χ1) is 16.1. The van der Waals surface area contributed by atoms with E-state index in [-0.39, 0.29) is 33.6 Å². The van der Waals surface area contributed by atoms with Gasteiger partial charge in [0.25, 0.3) is 0 Å². The lowest BCUT2D eigenvalue weighted by atomic mass is 9.95. The Morgan fingerprint density at radius 2 is 1.91 bits per heavy atom. The van der Waals surface area contributed by atoms with Gasteiger partial charge in [0.1, 0.15) is 23.4 Å². The van der Waals surface area contributed by atoms with Gasteiger partial charge < -0.3 is 15.1 Å². The van der Waals surface area contributed by atoms with Crippen LogP contribution in [0.5, 0.6) is 0 Å². The third kappa shape index (κ3) is 5.20. The van der Waals surface area contributed by atoms with Crippen LogP contribution in [0, 0.1) is 17.5 Å². The zero-order valence-corrected chi connectivity index (χ0v) is 17.6. The van der Waals surface area contributed by atoms with E-state index in [2.05, 4.69) is 30.8 Å². The van der Waals surface area contributed by atoms with Gasteiger partial charge in [-0.15, -0.1) is 10.2 Å². The molecule has 1 aliphatic rings. The monoisotopic (exact) mass is 502 g/mol. The van der Waals surface area contributed by atoms with Crippen molar-refractivity contribution in [3.05, 3.63) is 82.2 Å². The molecular weight excluding hydrogens is 490 g/mol. The quantitative estimate of drug-likeness (QED) is 0.492. The Balaban J connectivity index is 1.86. The molecule has 1 atom stereocenters. The second-order valence-electron chi connectivity index (χ2n) is 7.01. The molecule has 7 nitrogen and oxygen atoms in total. The molecule has 4 rings (SSSR count). The molecule has 14 heteroatoms. The first-order valence-electron chi connectivity index (χ1n) is 9.50. The Kier molecular flexibility index (Phi) is 6.57. The van der Waals surface area contributed by atoms with Crippen molar-refractivity contribution in [2.24, 2.45) is 4.99 Å². The van der Waals surface area contributed by atoms with Crippen molar-refractivity contribution in [2.45, 2.75) is 12.2 Å². The lowest BCUT2D eigenvalue weighted by molar-refractivity contribution is -0.124. The van der Waals surface area contributed by atoms with Crippen LogP contribution in [0.1, 0.15) is 23.2 Å². The van der Waals surface area contributed by atoms with Gasteiger partial charge in [-0.1, -0.05) is 17.7 Å². The highest BCUT2D eigenvalue weighted by molar-refractivity contribution is 6.31. The van der Waals surface area contributed by atoms with E-state index >= 15 is 0 Å². The average molecular weight is 503 g/mol. The Bertz CT molecular complexity index is 1260. The van der Waals surface area contributed by atoms with Gasteiger partial charge in [0.15, 0.2) is 11.7 Å². The number of hydrogen-bond acceptors (Lipinski definition) is 7. The minimum atomic E-state index is -4.51. The van der Waals surface area contributed by atoms with Gasteiger partial charge in [0.2, 0.25) is 12.3 Å². The van der Waals surface area contributed by atoms with Gasteiger partial charge in [-0.05, 0) is 12.1 Å². The van der Waals surface area contributed by atoms with Crippen LogP contribution in [0.3, 0.4) is 0 Å². The molecule has 178 valence electrons. The molecule has 0 spiro atoms. The fraction of sp³-hybridized carbons (Fsp3) is 0.200. The van der Waals surface area contributed by atoms with Crippen molar-refractivity contribution in [3.8, 4) is 0 Å². The molecule has 3 aromatic rings. The molecular formula is C20H13ClF6N6O. The maximum Gasteiger partial charge on any atom is 0.401 e. The topological polar surface area (TPSA) is 88.2 Å². The minimum absolute atomic E-state index is 0.0504. The first kappa shape index (κ1) is 23.7. The maximum atomic E-state index is 14.5. The van der Waals surface area contributed by atoms with Crippen molar-refractivity contribution in [2.75, 3.05) is 13.1 Å². The van der Waals surface area contributed by atoms with Crippen molar-refractivity contribution in [3.63, 3.8) is 0 Å². The predicted octanol–water partition coefficient (Wildman–Crippen LogP) is 4.19. The Labute approximate surface area is 192 Å². The first-order valence-corrected chi connectivity index (χ1v) is 9.88. The maximum absolute atomic E-state index is 14.5. The molecule has 1 aliphatic heterocycles. The summed E-state index contributed by atoms with van der Waals surface area (Å²) in [5.74, 6) is -3.00. The second kappa shape index (κ2) is 9.43. The molecule has 0 fully saturated rings. The lowest BCUT2D eigenvalue weighted by Gasteiger charge is -2.28. The molecule has 2 aromatic heterocycles. The Morgan fingerprint density at radius 3 is 2.56 bits per heavy atom. The fourth-order valence-corrected chi connectivity index (χ4v) is 3.53. The van der Waals surface area contributed by atoms with E-state index in [0.717, 1.165) is 24.7 Å². The van der Waals surface area contributed by atoms with Crippen LogP contribution in [-0.2, 0) is 0 Å². The summed E-state index contributed by atoms with van der Waals surface area (Å²) in [5.41, 5.74) is -0.0185. The number of halogens is 7. The SMILES string of the molecule is Fc1cnc(C2=NC(c3ccc(F)cc3Cl)C(c3nnco3)=C(CNCC(F)(F)F)N2)c(F)c1. The van der Waals surface area contributed by atoms with Gasteiger partial charge in [0.05, 0.1) is 18.3 Å². The van der Waals surface area contributed by atoms with Crippen LogP contribution in [-0.4, -0.2) is 40.3 Å². The molecule has 1 unspecified atom stereocenters. The van der Waals surface area contributed by atoms with Crippen LogP contribution in [0.4, 0.5) is 26.3 Å². The number of pyridine rings is 1. The van der Waals surface area contributed by atoms with E-state index in [1.54, 1.807) is 0 Å². The zero-order valence-electron chi connectivity index (χ0n) is 16.8. The van der Waals surface area contributed by atoms with Crippen LogP contribution in [0.15, 0.2) is 52.0 Å². The van der Waals surface area contributed by atoms with Crippen molar-refractivity contribution in [1.82, 2.24) is 25.8 Å². The molecule has 3 heterocycles. The summed E-state index contributed by atoms with van der Waals surface area (Å²) in [5, 5.41) is 12.3. The smallest absolute Gasteiger partial charge is 0.401 e. The molecule has 1 aromatic carbocycles. The molecule has 0 aliphatic carbocycles. The number of amidine groups is 1. The highest BCUT2D eigenvalue weighted by Crippen LogP contribution is 2.40. The third-order valence-electron chi connectivity index (χ3n) is 4.63. The zero-order chi connectivity index (χ0) is 24.5. The number of nitrogens with zero attached hydrogens (tertiary/aromatic N) is 4. The summed E-state index contributed by atoms with van der Waals surface area (Å²) >= 11 is 6.22. The number of rotatable bonds is 6. The van der Waals surface area contributed by atoms with Crippen LogP contribution in [0.25, 0.3) is 5.57 Å². The second-order valence-corrected chi connectivity index (χ2v) is 7.42. The molecule has 0 saturated heterocycles. The summed E-state index contributed by atoms with van der Waals surface area (Å²) < 4.78 is 85.0. The number of benzene rings is 1. The Morgan fingerprint density at radius 1 is 1.12 bits per heavy atom. The van der Waals surface area contributed by atoms with E-state index in [9.17, 15) is 26.3 Å². The molecule has 2 N–H and O–H groups in total. The van der Waals surface area contributed by atoms with Gasteiger partial charge in [-0.2, -0.15) is 13.2 Å². The normalized spacial score (nSPS) is 16.4. The number of nitrogens with one attached hydrogen (secondary N) is 2. The van der Waals surface area contributed by atoms with Crippen LogP contribution >= 0.6 is 11.6 Å². The van der Waals surface area contributed by atoms with E-state index in [1.807, 2.05) is 0 Å².